The van der Waals surface area contributed by atoms with Gasteiger partial charge in [0.25, 0.3) is 0 Å². The summed E-state index contributed by atoms with van der Waals surface area (Å²) >= 11 is 0. The summed E-state index contributed by atoms with van der Waals surface area (Å²) in [5.74, 6) is 6.97. The van der Waals surface area contributed by atoms with Crippen molar-refractivity contribution in [3.05, 3.63) is 107 Å². The van der Waals surface area contributed by atoms with Gasteiger partial charge in [-0.05, 0) is 41.0 Å². The molecule has 0 unspecified atom stereocenters. The first-order chi connectivity index (χ1) is 14.3. The normalized spacial score (nSPS) is 16.2. The van der Waals surface area contributed by atoms with Gasteiger partial charge in [-0.2, -0.15) is 0 Å². The van der Waals surface area contributed by atoms with Crippen LogP contribution < -0.4 is 11.3 Å². The molecule has 0 radical (unpaired) electrons. The number of benzene rings is 3. The summed E-state index contributed by atoms with van der Waals surface area (Å²) in [6.45, 7) is 0. The highest BCUT2D eigenvalue weighted by Crippen LogP contribution is 2.37. The predicted molar refractivity (Wildman–Crippen MR) is 122 cm³/mol. The molecular weight excluding hydrogens is 352 g/mol. The Morgan fingerprint density at radius 1 is 0.586 bits per heavy atom. The summed E-state index contributed by atoms with van der Waals surface area (Å²) in [4.78, 5) is 0. The highest BCUT2D eigenvalue weighted by atomic mass is 15.3. The first-order valence-corrected chi connectivity index (χ1v) is 11.0. The molecule has 1 aliphatic carbocycles. The molecular formula is C27H32N2. The Labute approximate surface area is 175 Å². The van der Waals surface area contributed by atoms with E-state index in [1.807, 2.05) is 12.1 Å². The second kappa shape index (κ2) is 9.39. The van der Waals surface area contributed by atoms with Gasteiger partial charge in [0.15, 0.2) is 0 Å². The van der Waals surface area contributed by atoms with Gasteiger partial charge in [-0.1, -0.05) is 117 Å². The van der Waals surface area contributed by atoms with E-state index in [4.69, 9.17) is 5.84 Å². The van der Waals surface area contributed by atoms with Crippen molar-refractivity contribution >= 4 is 0 Å². The molecule has 2 nitrogen and oxygen atoms in total. The second-order valence-electron chi connectivity index (χ2n) is 8.29. The van der Waals surface area contributed by atoms with Gasteiger partial charge in [0, 0.05) is 0 Å². The van der Waals surface area contributed by atoms with Crippen molar-refractivity contribution in [3.8, 4) is 0 Å². The fourth-order valence-electron chi connectivity index (χ4n) is 4.92. The SMILES string of the molecule is NNC(c1ccccc1)(c1ccccc1)c1ccc(C2CCCCCCC2)cc1. The van der Waals surface area contributed by atoms with Gasteiger partial charge in [0.05, 0.1) is 0 Å². The average molecular weight is 385 g/mol. The summed E-state index contributed by atoms with van der Waals surface area (Å²) < 4.78 is 0. The third-order valence-corrected chi connectivity index (χ3v) is 6.55. The van der Waals surface area contributed by atoms with E-state index in [2.05, 4.69) is 78.2 Å². The van der Waals surface area contributed by atoms with E-state index in [1.165, 1.54) is 56.1 Å². The van der Waals surface area contributed by atoms with E-state index in [0.29, 0.717) is 5.92 Å². The zero-order valence-electron chi connectivity index (χ0n) is 17.2. The van der Waals surface area contributed by atoms with Crippen LogP contribution in [-0.2, 0) is 5.54 Å². The zero-order valence-corrected chi connectivity index (χ0v) is 17.2. The van der Waals surface area contributed by atoms with E-state index in [0.717, 1.165) is 11.1 Å². The largest absolute Gasteiger partial charge is 0.270 e. The van der Waals surface area contributed by atoms with Gasteiger partial charge in [0.2, 0.25) is 0 Å². The molecule has 0 saturated heterocycles. The van der Waals surface area contributed by atoms with Crippen molar-refractivity contribution in [2.45, 2.75) is 56.4 Å². The van der Waals surface area contributed by atoms with Gasteiger partial charge in [-0.3, -0.25) is 5.84 Å². The first kappa shape index (κ1) is 19.9. The van der Waals surface area contributed by atoms with Crippen LogP contribution >= 0.6 is 0 Å². The van der Waals surface area contributed by atoms with E-state index in [-0.39, 0.29) is 0 Å². The Hall–Kier alpha value is -2.42. The molecule has 3 N–H and O–H groups in total. The lowest BCUT2D eigenvalue weighted by Crippen LogP contribution is -2.48. The minimum atomic E-state index is -0.567. The molecule has 3 aromatic rings. The maximum absolute atomic E-state index is 6.27. The Bertz CT molecular complexity index is 824. The molecule has 3 aromatic carbocycles. The molecule has 1 aliphatic rings. The van der Waals surface area contributed by atoms with Gasteiger partial charge in [-0.15, -0.1) is 0 Å². The standard InChI is InChI=1S/C27H32N2/c28-29-27(24-14-8-4-9-15-24,25-16-10-5-11-17-25)26-20-18-23(19-21-26)22-12-6-2-1-3-7-13-22/h4-5,8-11,14-22,29H,1-3,6-7,12-13,28H2. The quantitative estimate of drug-likeness (QED) is 0.309. The molecule has 2 heteroatoms. The van der Waals surface area contributed by atoms with Gasteiger partial charge >= 0.3 is 0 Å². The number of hydrogen-bond donors (Lipinski definition) is 2. The maximum Gasteiger partial charge on any atom is 0.107 e. The van der Waals surface area contributed by atoms with Crippen molar-refractivity contribution in [1.82, 2.24) is 5.43 Å². The Balaban J connectivity index is 1.73. The first-order valence-electron chi connectivity index (χ1n) is 11.0. The lowest BCUT2D eigenvalue weighted by Gasteiger charge is -2.35. The van der Waals surface area contributed by atoms with Crippen LogP contribution in [-0.4, -0.2) is 0 Å². The molecule has 0 heterocycles. The summed E-state index contributed by atoms with van der Waals surface area (Å²) in [5, 5.41) is 0. The third-order valence-electron chi connectivity index (χ3n) is 6.55. The summed E-state index contributed by atoms with van der Waals surface area (Å²) in [5.41, 5.74) is 7.55. The molecule has 0 aromatic heterocycles. The molecule has 0 atom stereocenters. The number of hydrogen-bond acceptors (Lipinski definition) is 2. The lowest BCUT2D eigenvalue weighted by molar-refractivity contribution is 0.454. The highest BCUT2D eigenvalue weighted by Gasteiger charge is 2.35. The predicted octanol–water partition coefficient (Wildman–Crippen LogP) is 6.27. The molecule has 4 rings (SSSR count). The maximum atomic E-state index is 6.27. The number of rotatable bonds is 5. The monoisotopic (exact) mass is 384 g/mol. The second-order valence-corrected chi connectivity index (χ2v) is 8.29. The molecule has 150 valence electrons. The van der Waals surface area contributed by atoms with Crippen LogP contribution in [0.15, 0.2) is 84.9 Å². The van der Waals surface area contributed by atoms with Crippen molar-refractivity contribution in [1.29, 1.82) is 0 Å². The average Bonchev–Trinajstić information content (AvgIpc) is 2.77. The molecule has 0 bridgehead atoms. The smallest absolute Gasteiger partial charge is 0.107 e. The lowest BCUT2D eigenvalue weighted by atomic mass is 9.76. The molecule has 0 aliphatic heterocycles. The van der Waals surface area contributed by atoms with E-state index in [9.17, 15) is 0 Å². The van der Waals surface area contributed by atoms with E-state index >= 15 is 0 Å². The summed E-state index contributed by atoms with van der Waals surface area (Å²) in [7, 11) is 0. The van der Waals surface area contributed by atoms with E-state index in [1.54, 1.807) is 0 Å². The van der Waals surface area contributed by atoms with Crippen LogP contribution in [0.2, 0.25) is 0 Å². The molecule has 0 amide bonds. The topological polar surface area (TPSA) is 38.0 Å². The van der Waals surface area contributed by atoms with Crippen molar-refractivity contribution in [2.75, 3.05) is 0 Å². The highest BCUT2D eigenvalue weighted by molar-refractivity contribution is 5.49. The van der Waals surface area contributed by atoms with Crippen LogP contribution in [0.1, 0.15) is 73.1 Å². The molecule has 1 saturated carbocycles. The molecule has 1 fully saturated rings. The van der Waals surface area contributed by atoms with Crippen molar-refractivity contribution in [2.24, 2.45) is 5.84 Å². The minimum Gasteiger partial charge on any atom is -0.270 e. The fraction of sp³-hybridized carbons (Fsp3) is 0.333. The Kier molecular flexibility index (Phi) is 6.43. The van der Waals surface area contributed by atoms with Crippen LogP contribution in [0.5, 0.6) is 0 Å². The number of hydrazine groups is 1. The van der Waals surface area contributed by atoms with Gasteiger partial charge < -0.3 is 0 Å². The number of nitrogens with one attached hydrogen (secondary N) is 1. The van der Waals surface area contributed by atoms with Crippen molar-refractivity contribution in [3.63, 3.8) is 0 Å². The van der Waals surface area contributed by atoms with Crippen molar-refractivity contribution < 1.29 is 0 Å². The fourth-order valence-corrected chi connectivity index (χ4v) is 4.92. The third kappa shape index (κ3) is 4.14. The Morgan fingerprint density at radius 2 is 1.03 bits per heavy atom. The number of nitrogens with two attached hydrogens (primary N) is 1. The van der Waals surface area contributed by atoms with Crippen LogP contribution in [0.25, 0.3) is 0 Å². The zero-order chi connectivity index (χ0) is 19.9. The summed E-state index contributed by atoms with van der Waals surface area (Å²) in [6, 6.07) is 30.2. The molecule has 29 heavy (non-hydrogen) atoms. The Morgan fingerprint density at radius 3 is 1.52 bits per heavy atom. The van der Waals surface area contributed by atoms with Crippen LogP contribution in [0.3, 0.4) is 0 Å². The van der Waals surface area contributed by atoms with Gasteiger partial charge in [0.1, 0.15) is 5.54 Å². The van der Waals surface area contributed by atoms with E-state index < -0.39 is 5.54 Å². The van der Waals surface area contributed by atoms with Crippen LogP contribution in [0.4, 0.5) is 0 Å². The summed E-state index contributed by atoms with van der Waals surface area (Å²) in [6.07, 6.45) is 9.52. The van der Waals surface area contributed by atoms with Crippen LogP contribution in [0, 0.1) is 0 Å². The van der Waals surface area contributed by atoms with Gasteiger partial charge in [-0.25, -0.2) is 5.43 Å². The molecule has 0 spiro atoms. The minimum absolute atomic E-state index is 0.567.